The Morgan fingerprint density at radius 3 is 1.53 bits per heavy atom. The van der Waals surface area contributed by atoms with Crippen LogP contribution in [0.15, 0.2) is 164 Å². The Labute approximate surface area is 344 Å². The van der Waals surface area contributed by atoms with Gasteiger partial charge >= 0.3 is 6.18 Å². The fourth-order valence-electron chi connectivity index (χ4n) is 8.98. The van der Waals surface area contributed by atoms with E-state index in [1.54, 1.807) is 12.1 Å². The van der Waals surface area contributed by atoms with Crippen LogP contribution in [0.5, 0.6) is 0 Å². The third-order valence-corrected chi connectivity index (χ3v) is 11.7. The number of fused-ring (bicyclic) bond motifs is 6. The molecule has 0 aliphatic carbocycles. The van der Waals surface area contributed by atoms with Crippen molar-refractivity contribution in [2.75, 3.05) is 0 Å². The molecule has 0 amide bonds. The molecule has 0 saturated carbocycles. The van der Waals surface area contributed by atoms with Crippen molar-refractivity contribution in [3.63, 3.8) is 0 Å². The van der Waals surface area contributed by atoms with E-state index in [-0.39, 0.29) is 22.4 Å². The van der Waals surface area contributed by atoms with Crippen molar-refractivity contribution in [3.05, 3.63) is 197 Å². The van der Waals surface area contributed by atoms with Gasteiger partial charge in [0.05, 0.1) is 51.1 Å². The lowest BCUT2D eigenvalue weighted by molar-refractivity contribution is -0.137. The first kappa shape index (κ1) is 36.5. The molecule has 2 heterocycles. The molecule has 0 aliphatic heterocycles. The Bertz CT molecular complexity index is 3480. The van der Waals surface area contributed by atoms with E-state index < -0.39 is 11.7 Å². The molecule has 0 fully saturated rings. The molecule has 2 aromatic heterocycles. The number of halogens is 3. The van der Waals surface area contributed by atoms with Crippen LogP contribution in [0.4, 0.5) is 18.9 Å². The molecule has 0 saturated heterocycles. The molecule has 60 heavy (non-hydrogen) atoms. The maximum Gasteiger partial charge on any atom is 0.415 e. The fourth-order valence-corrected chi connectivity index (χ4v) is 8.98. The lowest BCUT2D eigenvalue weighted by Gasteiger charge is -2.22. The van der Waals surface area contributed by atoms with E-state index in [1.807, 2.05) is 106 Å². The summed E-state index contributed by atoms with van der Waals surface area (Å²) in [5.41, 5.74) is 9.40. The molecule has 0 spiro atoms. The van der Waals surface area contributed by atoms with Gasteiger partial charge in [-0.1, -0.05) is 115 Å². The van der Waals surface area contributed by atoms with Gasteiger partial charge in [0.15, 0.2) is 5.69 Å². The van der Waals surface area contributed by atoms with Crippen LogP contribution in [-0.2, 0) is 6.18 Å². The van der Waals surface area contributed by atoms with Crippen molar-refractivity contribution in [1.82, 2.24) is 9.13 Å². The zero-order chi connectivity index (χ0) is 41.3. The van der Waals surface area contributed by atoms with Crippen molar-refractivity contribution in [3.8, 4) is 50.8 Å². The average Bonchev–Trinajstić information content (AvgIpc) is 3.77. The van der Waals surface area contributed by atoms with Gasteiger partial charge in [0.2, 0.25) is 0 Å². The Hall–Kier alpha value is -7.87. The van der Waals surface area contributed by atoms with Crippen LogP contribution in [-0.4, -0.2) is 9.13 Å². The largest absolute Gasteiger partial charge is 0.415 e. The number of hydrogen-bond acceptors (Lipinski definition) is 1. The third-order valence-electron chi connectivity index (χ3n) is 11.7. The molecule has 4 nitrogen and oxygen atoms in total. The van der Waals surface area contributed by atoms with E-state index in [9.17, 15) is 5.26 Å². The van der Waals surface area contributed by atoms with Gasteiger partial charge in [-0.3, -0.25) is 0 Å². The smallest absolute Gasteiger partial charge is 0.309 e. The number of nitriles is 1. The molecule has 10 aromatic rings. The summed E-state index contributed by atoms with van der Waals surface area (Å²) in [4.78, 5) is 3.67. The highest BCUT2D eigenvalue weighted by Gasteiger charge is 2.36. The molecular weight excluding hydrogens is 750 g/mol. The van der Waals surface area contributed by atoms with Crippen molar-refractivity contribution in [2.45, 2.75) is 20.0 Å². The Morgan fingerprint density at radius 2 is 1.02 bits per heavy atom. The van der Waals surface area contributed by atoms with E-state index in [0.29, 0.717) is 11.4 Å². The number of alkyl halides is 3. The molecule has 0 aliphatic rings. The van der Waals surface area contributed by atoms with Gasteiger partial charge in [-0.15, -0.1) is 0 Å². The first-order valence-corrected chi connectivity index (χ1v) is 19.5. The second-order valence-corrected chi connectivity index (χ2v) is 15.1. The molecule has 0 N–H and O–H groups in total. The lowest BCUT2D eigenvalue weighted by Crippen LogP contribution is -2.09. The maximum atomic E-state index is 15.2. The molecular formula is C53H33F3N4. The van der Waals surface area contributed by atoms with Crippen LogP contribution in [0.2, 0.25) is 0 Å². The normalized spacial score (nSPS) is 11.7. The van der Waals surface area contributed by atoms with Gasteiger partial charge in [0, 0.05) is 27.1 Å². The third kappa shape index (κ3) is 5.67. The Kier molecular flexibility index (Phi) is 8.45. The van der Waals surface area contributed by atoms with Crippen LogP contribution in [0.25, 0.3) is 93.2 Å². The van der Waals surface area contributed by atoms with Crippen molar-refractivity contribution in [2.24, 2.45) is 0 Å². The maximum absolute atomic E-state index is 15.2. The molecule has 0 radical (unpaired) electrons. The summed E-state index contributed by atoms with van der Waals surface area (Å²) in [7, 11) is 0. The minimum absolute atomic E-state index is 0.144. The predicted molar refractivity (Wildman–Crippen MR) is 237 cm³/mol. The van der Waals surface area contributed by atoms with Crippen LogP contribution in [0, 0.1) is 31.8 Å². The van der Waals surface area contributed by atoms with E-state index in [2.05, 4.69) is 61.2 Å². The number of aryl methyl sites for hydroxylation is 2. The zero-order valence-electron chi connectivity index (χ0n) is 32.5. The predicted octanol–water partition coefficient (Wildman–Crippen LogP) is 14.9. The number of hydrogen-bond donors (Lipinski definition) is 0. The lowest BCUT2D eigenvalue weighted by atomic mass is 9.93. The Balaban J connectivity index is 1.33. The van der Waals surface area contributed by atoms with E-state index in [0.717, 1.165) is 83.1 Å². The van der Waals surface area contributed by atoms with E-state index in [4.69, 9.17) is 6.57 Å². The fraction of sp³-hybridized carbons (Fsp3) is 0.0566. The van der Waals surface area contributed by atoms with Gasteiger partial charge < -0.3 is 9.13 Å². The number of nitrogens with zero attached hydrogens (tertiary/aromatic N) is 4. The minimum atomic E-state index is -4.79. The average molecular weight is 783 g/mol. The molecule has 0 unspecified atom stereocenters. The number of aromatic nitrogens is 2. The molecule has 8 aromatic carbocycles. The highest BCUT2D eigenvalue weighted by molar-refractivity contribution is 6.13. The van der Waals surface area contributed by atoms with Gasteiger partial charge in [-0.2, -0.15) is 18.4 Å². The van der Waals surface area contributed by atoms with Crippen molar-refractivity contribution in [1.29, 1.82) is 5.26 Å². The van der Waals surface area contributed by atoms with Gasteiger partial charge in [0.25, 0.3) is 0 Å². The molecule has 286 valence electrons. The molecule has 0 bridgehead atoms. The Morgan fingerprint density at radius 1 is 0.517 bits per heavy atom. The summed E-state index contributed by atoms with van der Waals surface area (Å²) in [6.45, 7) is 12.3. The summed E-state index contributed by atoms with van der Waals surface area (Å²) in [5, 5.41) is 14.7. The second-order valence-electron chi connectivity index (χ2n) is 15.1. The standard InChI is InChI=1S/C53H33F3N4/c1-32-13-4-6-15-37(32)34-23-25-48-41(27-34)39-17-8-10-21-46(39)59(48)50-30-43(52-44(53(54,55)56)19-12-20-45(52)58-3)51(29-36(50)31-57)60-47-22-11-9-18-40(47)42-28-35(24-26-49(42)60)38-16-7-5-14-33(38)2/h4-30H,1-2H3. The summed E-state index contributed by atoms with van der Waals surface area (Å²) >= 11 is 0. The molecule has 0 atom stereocenters. The zero-order valence-corrected chi connectivity index (χ0v) is 32.5. The molecule has 7 heteroatoms. The highest BCUT2D eigenvalue weighted by Crippen LogP contribution is 2.48. The van der Waals surface area contributed by atoms with E-state index >= 15 is 13.2 Å². The van der Waals surface area contributed by atoms with Crippen LogP contribution < -0.4 is 0 Å². The van der Waals surface area contributed by atoms with Gasteiger partial charge in [0.1, 0.15) is 6.07 Å². The summed E-state index contributed by atoms with van der Waals surface area (Å²) in [6, 6.07) is 53.8. The number of para-hydroxylation sites is 2. The number of rotatable bonds is 5. The van der Waals surface area contributed by atoms with E-state index in [1.165, 1.54) is 12.1 Å². The first-order valence-electron chi connectivity index (χ1n) is 19.5. The van der Waals surface area contributed by atoms with Crippen LogP contribution >= 0.6 is 0 Å². The first-order chi connectivity index (χ1) is 29.2. The minimum Gasteiger partial charge on any atom is -0.309 e. The van der Waals surface area contributed by atoms with Crippen molar-refractivity contribution >= 4 is 49.3 Å². The van der Waals surface area contributed by atoms with Gasteiger partial charge in [-0.25, -0.2) is 4.85 Å². The summed E-state index contributed by atoms with van der Waals surface area (Å²) < 4.78 is 49.6. The summed E-state index contributed by atoms with van der Waals surface area (Å²) in [5.74, 6) is 0. The SMILES string of the molecule is [C-]#[N+]c1cccc(C(F)(F)F)c1-c1cc(-n2c3ccccc3c3cc(-c4ccccc4C)ccc32)c(C#N)cc1-n1c2ccccc2c2cc(-c3ccccc3C)ccc21. The topological polar surface area (TPSA) is 38.0 Å². The van der Waals surface area contributed by atoms with Crippen LogP contribution in [0.1, 0.15) is 22.3 Å². The monoisotopic (exact) mass is 782 g/mol. The number of benzene rings is 8. The summed E-state index contributed by atoms with van der Waals surface area (Å²) in [6.07, 6.45) is -4.79. The second kappa shape index (κ2) is 13.9. The van der Waals surface area contributed by atoms with Crippen molar-refractivity contribution < 1.29 is 13.2 Å². The van der Waals surface area contributed by atoms with Crippen LogP contribution in [0.3, 0.4) is 0 Å². The van der Waals surface area contributed by atoms with Gasteiger partial charge in [-0.05, 0) is 101 Å². The molecule has 10 rings (SSSR count). The highest BCUT2D eigenvalue weighted by atomic mass is 19.4. The quantitative estimate of drug-likeness (QED) is 0.160.